The molecule has 0 unspecified atom stereocenters. The van der Waals surface area contributed by atoms with Gasteiger partial charge in [-0.15, -0.1) is 49.3 Å². The van der Waals surface area contributed by atoms with Crippen molar-refractivity contribution >= 4 is 60.0 Å². The average Bonchev–Trinajstić information content (AvgIpc) is 3.58. The van der Waals surface area contributed by atoms with Crippen LogP contribution < -0.4 is 0 Å². The second-order valence-electron chi connectivity index (χ2n) is 8.93. The van der Waals surface area contributed by atoms with Crippen LogP contribution in [0.3, 0.4) is 0 Å². The smallest absolute Gasteiger partial charge is 0.683 e. The number of hydrogen-bond donors (Lipinski definition) is 0. The minimum atomic E-state index is -1.02. The van der Waals surface area contributed by atoms with Gasteiger partial charge in [0, 0.05) is 36.7 Å². The molecular formula is C30H22Cl2F6N4Ti. The van der Waals surface area contributed by atoms with Crippen LogP contribution in [0.1, 0.15) is 22.3 Å². The van der Waals surface area contributed by atoms with Crippen molar-refractivity contribution in [3.8, 4) is 0 Å². The standard InChI is InChI=1S/2C15H10F3N2.2ClH.Ti/c2*16-11-6-12(17)15(13(18)7-11)20-8-10-3-1-2-9-4-5-19-14(9)10;;;/h2*1-3,6-8H,4-5H2;2*1H;/q2*-1;;;+2. The molecule has 4 aromatic rings. The third-order valence-corrected chi connectivity index (χ3v) is 6.23. The van der Waals surface area contributed by atoms with Crippen molar-refractivity contribution in [1.29, 1.82) is 0 Å². The Morgan fingerprint density at radius 1 is 0.558 bits per heavy atom. The van der Waals surface area contributed by atoms with Gasteiger partial charge in [0.05, 0.1) is 0 Å². The van der Waals surface area contributed by atoms with E-state index in [1.807, 2.05) is 24.3 Å². The molecule has 0 N–H and O–H groups in total. The summed E-state index contributed by atoms with van der Waals surface area (Å²) >= 11 is 0. The van der Waals surface area contributed by atoms with Gasteiger partial charge in [0.25, 0.3) is 0 Å². The van der Waals surface area contributed by atoms with E-state index in [-0.39, 0.29) is 46.5 Å². The Hall–Kier alpha value is -3.31. The summed E-state index contributed by atoms with van der Waals surface area (Å²) in [5, 5.41) is 8.66. The number of benzene rings is 4. The Balaban J connectivity index is 0.000000281. The summed E-state index contributed by atoms with van der Waals surface area (Å²) in [6.45, 7) is 1.42. The summed E-state index contributed by atoms with van der Waals surface area (Å²) in [7, 11) is 0. The van der Waals surface area contributed by atoms with E-state index in [2.05, 4.69) is 20.6 Å². The first-order valence-corrected chi connectivity index (χ1v) is 12.3. The molecule has 4 aromatic carbocycles. The first kappa shape index (κ1) is 35.9. The normalized spacial score (nSPS) is 12.6. The molecule has 0 atom stereocenters. The van der Waals surface area contributed by atoms with Crippen molar-refractivity contribution in [3.63, 3.8) is 0 Å². The van der Waals surface area contributed by atoms with Gasteiger partial charge in [-0.05, 0) is 24.0 Å². The van der Waals surface area contributed by atoms with Gasteiger partial charge < -0.3 is 10.6 Å². The fourth-order valence-corrected chi connectivity index (χ4v) is 4.38. The van der Waals surface area contributed by atoms with E-state index in [9.17, 15) is 26.3 Å². The van der Waals surface area contributed by atoms with Crippen molar-refractivity contribution in [3.05, 3.63) is 128 Å². The molecule has 43 heavy (non-hydrogen) atoms. The van der Waals surface area contributed by atoms with Crippen LogP contribution in [-0.4, -0.2) is 25.5 Å². The molecule has 2 heterocycles. The number of nitrogens with zero attached hydrogens (tertiary/aromatic N) is 4. The Labute approximate surface area is 271 Å². The van der Waals surface area contributed by atoms with Gasteiger partial charge in [-0.2, -0.15) is 0 Å². The average molecular weight is 671 g/mol. The predicted molar refractivity (Wildman–Crippen MR) is 158 cm³/mol. The van der Waals surface area contributed by atoms with E-state index in [1.165, 1.54) is 12.4 Å². The van der Waals surface area contributed by atoms with Crippen molar-refractivity contribution in [2.45, 2.75) is 12.8 Å². The van der Waals surface area contributed by atoms with Crippen molar-refractivity contribution in [1.82, 2.24) is 0 Å². The zero-order chi connectivity index (χ0) is 28.2. The maximum atomic E-state index is 13.5. The molecule has 222 valence electrons. The minimum Gasteiger partial charge on any atom is -0.683 e. The van der Waals surface area contributed by atoms with Crippen LogP contribution in [-0.2, 0) is 34.6 Å². The Morgan fingerprint density at radius 3 is 1.26 bits per heavy atom. The first-order chi connectivity index (χ1) is 19.3. The van der Waals surface area contributed by atoms with E-state index < -0.39 is 46.3 Å². The SMILES string of the molecule is Cl.Cl.Fc1cc(F)c(N=Cc2cccc3c2[N-]CC3)c(F)c1.Fc1cc(F)c(N=Cc2cccc3c2[N-]CC3)c(F)c1.[Ti+2]. The van der Waals surface area contributed by atoms with Crippen LogP contribution in [0.5, 0.6) is 0 Å². The van der Waals surface area contributed by atoms with E-state index >= 15 is 0 Å². The van der Waals surface area contributed by atoms with Crippen LogP contribution >= 0.6 is 24.8 Å². The molecule has 2 aliphatic rings. The largest absolute Gasteiger partial charge is 2.00 e. The molecule has 0 aromatic heterocycles. The number of hydrogen-bond acceptors (Lipinski definition) is 2. The minimum absolute atomic E-state index is 0. The van der Waals surface area contributed by atoms with Gasteiger partial charge in [-0.1, -0.05) is 47.5 Å². The number of halogens is 8. The number of fused-ring (bicyclic) bond motifs is 2. The number of para-hydroxylation sites is 2. The summed E-state index contributed by atoms with van der Waals surface area (Å²) < 4.78 is 79.5. The van der Waals surface area contributed by atoms with Gasteiger partial charge in [-0.25, -0.2) is 26.3 Å². The molecule has 13 heteroatoms. The molecule has 0 bridgehead atoms. The van der Waals surface area contributed by atoms with E-state index in [0.717, 1.165) is 35.3 Å². The maximum Gasteiger partial charge on any atom is 2.00 e. The summed E-state index contributed by atoms with van der Waals surface area (Å²) in [4.78, 5) is 7.58. The summed E-state index contributed by atoms with van der Waals surface area (Å²) in [6, 6.07) is 13.6. The zero-order valence-electron chi connectivity index (χ0n) is 22.1. The number of rotatable bonds is 4. The molecule has 0 saturated carbocycles. The zero-order valence-corrected chi connectivity index (χ0v) is 25.3. The van der Waals surface area contributed by atoms with Crippen LogP contribution in [0, 0.1) is 34.9 Å². The van der Waals surface area contributed by atoms with Crippen LogP contribution in [0.2, 0.25) is 0 Å². The fourth-order valence-electron chi connectivity index (χ4n) is 4.38. The van der Waals surface area contributed by atoms with Crippen LogP contribution in [0.25, 0.3) is 10.6 Å². The van der Waals surface area contributed by atoms with E-state index in [1.54, 1.807) is 12.1 Å². The quantitative estimate of drug-likeness (QED) is 0.118. The predicted octanol–water partition coefficient (Wildman–Crippen LogP) is 9.67. The molecule has 0 fully saturated rings. The topological polar surface area (TPSA) is 52.9 Å². The molecular weight excluding hydrogens is 649 g/mol. The van der Waals surface area contributed by atoms with Crippen molar-refractivity contribution < 1.29 is 48.1 Å². The summed E-state index contributed by atoms with van der Waals surface area (Å²) in [5.41, 5.74) is 4.19. The second kappa shape index (κ2) is 16.0. The Bertz CT molecular complexity index is 1480. The summed E-state index contributed by atoms with van der Waals surface area (Å²) in [6.07, 6.45) is 4.42. The van der Waals surface area contributed by atoms with Gasteiger partial charge in [-0.3, -0.25) is 9.98 Å². The fraction of sp³-hybridized carbons (Fsp3) is 0.133. The Morgan fingerprint density at radius 2 is 0.907 bits per heavy atom. The van der Waals surface area contributed by atoms with Crippen molar-refractivity contribution in [2.75, 3.05) is 13.1 Å². The molecule has 2 aliphatic heterocycles. The molecule has 0 amide bonds. The van der Waals surface area contributed by atoms with Gasteiger partial charge in [0.1, 0.15) is 23.0 Å². The number of aliphatic imine (C=N–C) groups is 2. The molecule has 0 saturated heterocycles. The summed E-state index contributed by atoms with van der Waals surface area (Å²) in [5.74, 6) is -6.03. The Kier molecular flexibility index (Phi) is 13.3. The molecule has 0 aliphatic carbocycles. The van der Waals surface area contributed by atoms with Gasteiger partial charge in [0.2, 0.25) is 0 Å². The molecule has 4 nitrogen and oxygen atoms in total. The van der Waals surface area contributed by atoms with Crippen LogP contribution in [0.4, 0.5) is 49.1 Å². The second-order valence-corrected chi connectivity index (χ2v) is 8.93. The molecule has 6 rings (SSSR count). The third-order valence-electron chi connectivity index (χ3n) is 6.23. The van der Waals surface area contributed by atoms with Crippen LogP contribution in [0.15, 0.2) is 70.6 Å². The molecule has 0 spiro atoms. The van der Waals surface area contributed by atoms with Gasteiger partial charge in [0.15, 0.2) is 23.3 Å². The monoisotopic (exact) mass is 670 g/mol. The first-order valence-electron chi connectivity index (χ1n) is 12.3. The van der Waals surface area contributed by atoms with Crippen molar-refractivity contribution in [2.24, 2.45) is 9.98 Å². The third kappa shape index (κ3) is 8.41. The van der Waals surface area contributed by atoms with E-state index in [0.29, 0.717) is 48.5 Å². The molecule has 0 radical (unpaired) electrons. The van der Waals surface area contributed by atoms with E-state index in [4.69, 9.17) is 0 Å². The van der Waals surface area contributed by atoms with Gasteiger partial charge >= 0.3 is 21.7 Å². The maximum absolute atomic E-state index is 13.5.